The van der Waals surface area contributed by atoms with Gasteiger partial charge >= 0.3 is 0 Å². The SMILES string of the molecule is CC(=O)N1CCC2CCC(CN(C(=O)c3ccc4ccccc4n3)Cc3ccccc31)N2Cc1cccnc1. The van der Waals surface area contributed by atoms with Gasteiger partial charge in [0.05, 0.1) is 5.52 Å². The molecule has 0 aliphatic carbocycles. The predicted molar refractivity (Wildman–Crippen MR) is 152 cm³/mol. The van der Waals surface area contributed by atoms with Crippen LogP contribution in [0.2, 0.25) is 0 Å². The number of para-hydroxylation sites is 2. The second kappa shape index (κ2) is 10.9. The second-order valence-corrected chi connectivity index (χ2v) is 10.6. The lowest BCUT2D eigenvalue weighted by Gasteiger charge is -2.33. The molecule has 7 heteroatoms. The highest BCUT2D eigenvalue weighted by Crippen LogP contribution is 2.33. The summed E-state index contributed by atoms with van der Waals surface area (Å²) in [5, 5.41) is 1.01. The molecule has 2 aromatic carbocycles. The van der Waals surface area contributed by atoms with E-state index < -0.39 is 0 Å². The van der Waals surface area contributed by atoms with Crippen molar-refractivity contribution < 1.29 is 9.59 Å². The molecule has 0 radical (unpaired) electrons. The number of anilines is 1. The van der Waals surface area contributed by atoms with E-state index in [9.17, 15) is 9.59 Å². The molecule has 1 saturated heterocycles. The molecule has 2 aromatic heterocycles. The van der Waals surface area contributed by atoms with Crippen LogP contribution in [0.15, 0.2) is 85.2 Å². The number of carbonyl (C=O) groups excluding carboxylic acids is 2. The van der Waals surface area contributed by atoms with Gasteiger partial charge in [-0.3, -0.25) is 19.5 Å². The van der Waals surface area contributed by atoms with Gasteiger partial charge < -0.3 is 9.80 Å². The lowest BCUT2D eigenvalue weighted by atomic mass is 10.1. The summed E-state index contributed by atoms with van der Waals surface area (Å²) in [6.07, 6.45) is 6.63. The monoisotopic (exact) mass is 519 g/mol. The maximum absolute atomic E-state index is 14.1. The van der Waals surface area contributed by atoms with Crippen molar-refractivity contribution in [3.63, 3.8) is 0 Å². The zero-order valence-electron chi connectivity index (χ0n) is 22.2. The molecule has 2 atom stereocenters. The summed E-state index contributed by atoms with van der Waals surface area (Å²) < 4.78 is 0. The first-order valence-electron chi connectivity index (χ1n) is 13.7. The van der Waals surface area contributed by atoms with Crippen LogP contribution in [0.4, 0.5) is 5.69 Å². The minimum Gasteiger partial charge on any atom is -0.331 e. The molecule has 7 nitrogen and oxygen atoms in total. The summed E-state index contributed by atoms with van der Waals surface area (Å²) in [4.78, 5) is 42.4. The molecule has 0 spiro atoms. The fourth-order valence-electron chi connectivity index (χ4n) is 6.14. The van der Waals surface area contributed by atoms with Gasteiger partial charge in [-0.2, -0.15) is 0 Å². The topological polar surface area (TPSA) is 69.6 Å². The van der Waals surface area contributed by atoms with Crippen LogP contribution in [0, 0.1) is 0 Å². The standard InChI is InChI=1S/C32H33N5O2/c1-23(38)36-18-16-27-13-14-28(37(27)20-24-7-6-17-33-19-24)22-35(21-26-9-3-5-11-31(26)36)32(39)30-15-12-25-8-2-4-10-29(25)34-30/h2-12,15,17,19,27-28H,13-14,16,18,20-22H2,1H3. The number of hydrogen-bond acceptors (Lipinski definition) is 5. The second-order valence-electron chi connectivity index (χ2n) is 10.6. The Balaban J connectivity index is 1.40. The summed E-state index contributed by atoms with van der Waals surface area (Å²) in [6.45, 7) is 4.05. The van der Waals surface area contributed by atoms with Crippen molar-refractivity contribution in [2.75, 3.05) is 18.0 Å². The Morgan fingerprint density at radius 1 is 0.897 bits per heavy atom. The Labute approximate surface area is 229 Å². The Morgan fingerprint density at radius 2 is 1.72 bits per heavy atom. The van der Waals surface area contributed by atoms with E-state index in [-0.39, 0.29) is 17.9 Å². The summed E-state index contributed by atoms with van der Waals surface area (Å²) in [5.41, 5.74) is 4.26. The smallest absolute Gasteiger partial charge is 0.272 e. The minimum absolute atomic E-state index is 0.0177. The molecule has 6 rings (SSSR count). The highest BCUT2D eigenvalue weighted by molar-refractivity contribution is 5.95. The van der Waals surface area contributed by atoms with Crippen molar-refractivity contribution in [1.82, 2.24) is 19.8 Å². The quantitative estimate of drug-likeness (QED) is 0.378. The average molecular weight is 520 g/mol. The van der Waals surface area contributed by atoms with Gasteiger partial charge in [-0.05, 0) is 54.7 Å². The van der Waals surface area contributed by atoms with E-state index in [1.807, 2.05) is 82.7 Å². The number of carbonyl (C=O) groups is 2. The van der Waals surface area contributed by atoms with E-state index in [1.54, 1.807) is 13.1 Å². The number of nitrogens with zero attached hydrogens (tertiary/aromatic N) is 5. The van der Waals surface area contributed by atoms with Crippen LogP contribution in [-0.2, 0) is 17.9 Å². The number of benzene rings is 2. The molecule has 2 bridgehead atoms. The predicted octanol–water partition coefficient (Wildman–Crippen LogP) is 5.06. The van der Waals surface area contributed by atoms with Crippen LogP contribution in [0.1, 0.15) is 47.8 Å². The van der Waals surface area contributed by atoms with Gasteiger partial charge in [-0.15, -0.1) is 0 Å². The van der Waals surface area contributed by atoms with Gasteiger partial charge in [-0.25, -0.2) is 4.98 Å². The fourth-order valence-corrected chi connectivity index (χ4v) is 6.14. The zero-order valence-corrected chi connectivity index (χ0v) is 22.2. The van der Waals surface area contributed by atoms with Crippen molar-refractivity contribution in [1.29, 1.82) is 0 Å². The number of amides is 2. The first-order valence-corrected chi connectivity index (χ1v) is 13.7. The summed E-state index contributed by atoms with van der Waals surface area (Å²) in [6, 6.07) is 24.2. The molecule has 39 heavy (non-hydrogen) atoms. The molecule has 2 unspecified atom stereocenters. The third kappa shape index (κ3) is 5.27. The van der Waals surface area contributed by atoms with Crippen molar-refractivity contribution in [3.05, 3.63) is 102 Å². The highest BCUT2D eigenvalue weighted by Gasteiger charge is 2.37. The van der Waals surface area contributed by atoms with Crippen molar-refractivity contribution >= 4 is 28.4 Å². The molecule has 2 aliphatic heterocycles. The number of aromatic nitrogens is 2. The first kappa shape index (κ1) is 25.2. The largest absolute Gasteiger partial charge is 0.331 e. The van der Waals surface area contributed by atoms with Gasteiger partial charge in [0.1, 0.15) is 5.69 Å². The number of fused-ring (bicyclic) bond motifs is 4. The lowest BCUT2D eigenvalue weighted by molar-refractivity contribution is -0.116. The molecule has 0 saturated carbocycles. The van der Waals surface area contributed by atoms with Gasteiger partial charge in [0, 0.05) is 68.7 Å². The van der Waals surface area contributed by atoms with Gasteiger partial charge in [0.15, 0.2) is 0 Å². The zero-order chi connectivity index (χ0) is 26.8. The van der Waals surface area contributed by atoms with Crippen LogP contribution in [0.3, 0.4) is 0 Å². The third-order valence-corrected chi connectivity index (χ3v) is 8.10. The minimum atomic E-state index is -0.0889. The van der Waals surface area contributed by atoms with Crippen LogP contribution in [-0.4, -0.2) is 56.8 Å². The van der Waals surface area contributed by atoms with Crippen molar-refractivity contribution in [3.8, 4) is 0 Å². The van der Waals surface area contributed by atoms with E-state index in [4.69, 9.17) is 4.98 Å². The number of pyridine rings is 2. The molecule has 4 aromatic rings. The Hall–Kier alpha value is -4.10. The third-order valence-electron chi connectivity index (χ3n) is 8.10. The van der Waals surface area contributed by atoms with Crippen LogP contribution < -0.4 is 4.90 Å². The molecule has 0 N–H and O–H groups in total. The lowest BCUT2D eigenvalue weighted by Crippen LogP contribution is -2.45. The Morgan fingerprint density at radius 3 is 2.56 bits per heavy atom. The van der Waals surface area contributed by atoms with E-state index in [2.05, 4.69) is 16.0 Å². The maximum atomic E-state index is 14.1. The average Bonchev–Trinajstić information content (AvgIpc) is 3.32. The highest BCUT2D eigenvalue weighted by atomic mass is 16.2. The van der Waals surface area contributed by atoms with Crippen molar-refractivity contribution in [2.45, 2.75) is 51.4 Å². The van der Waals surface area contributed by atoms with Gasteiger partial charge in [0.2, 0.25) is 5.91 Å². The Kier molecular flexibility index (Phi) is 7.07. The normalized spacial score (nSPS) is 19.9. The summed E-state index contributed by atoms with van der Waals surface area (Å²) in [7, 11) is 0. The van der Waals surface area contributed by atoms with Crippen molar-refractivity contribution in [2.24, 2.45) is 0 Å². The van der Waals surface area contributed by atoms with E-state index in [0.717, 1.165) is 53.5 Å². The van der Waals surface area contributed by atoms with E-state index in [0.29, 0.717) is 31.4 Å². The van der Waals surface area contributed by atoms with E-state index in [1.165, 1.54) is 0 Å². The first-order chi connectivity index (χ1) is 19.1. The molecule has 2 amide bonds. The van der Waals surface area contributed by atoms with E-state index >= 15 is 0 Å². The molecular formula is C32H33N5O2. The molecule has 4 heterocycles. The number of rotatable bonds is 3. The molecule has 198 valence electrons. The summed E-state index contributed by atoms with van der Waals surface area (Å²) in [5.74, 6) is -0.0712. The molecular weight excluding hydrogens is 486 g/mol. The maximum Gasteiger partial charge on any atom is 0.272 e. The van der Waals surface area contributed by atoms with Gasteiger partial charge in [0.25, 0.3) is 5.91 Å². The Bertz CT molecular complexity index is 1490. The van der Waals surface area contributed by atoms with Gasteiger partial charge in [-0.1, -0.05) is 48.5 Å². The number of hydrogen-bond donors (Lipinski definition) is 0. The van der Waals surface area contributed by atoms with Crippen LogP contribution >= 0.6 is 0 Å². The summed E-state index contributed by atoms with van der Waals surface area (Å²) >= 11 is 0. The molecule has 2 aliphatic rings. The van der Waals surface area contributed by atoms with Crippen LogP contribution in [0.5, 0.6) is 0 Å². The molecule has 1 fully saturated rings. The van der Waals surface area contributed by atoms with Crippen LogP contribution in [0.25, 0.3) is 10.9 Å². The fraction of sp³-hybridized carbons (Fsp3) is 0.312.